The predicted octanol–water partition coefficient (Wildman–Crippen LogP) is 2.81. The second-order valence-electron chi connectivity index (χ2n) is 7.78. The molecule has 1 heterocycles. The van der Waals surface area contributed by atoms with Crippen molar-refractivity contribution in [1.82, 2.24) is 15.1 Å². The number of ether oxygens (including phenoxy) is 1. The summed E-state index contributed by atoms with van der Waals surface area (Å²) in [5.41, 5.74) is 2.97. The first-order chi connectivity index (χ1) is 13.1. The number of nitrogens with one attached hydrogen (secondary N) is 1. The lowest BCUT2D eigenvalue weighted by molar-refractivity contribution is -0.142. The number of carbonyl (C=O) groups is 2. The highest BCUT2D eigenvalue weighted by atomic mass is 16.5. The van der Waals surface area contributed by atoms with Gasteiger partial charge in [-0.25, -0.2) is 9.48 Å². The van der Waals surface area contributed by atoms with E-state index in [0.29, 0.717) is 0 Å². The van der Waals surface area contributed by atoms with Gasteiger partial charge in [0.15, 0.2) is 0 Å². The molecule has 1 amide bonds. The molecule has 0 aliphatic rings. The highest BCUT2D eigenvalue weighted by Crippen LogP contribution is 2.18. The fourth-order valence-electron chi connectivity index (χ4n) is 2.90. The lowest BCUT2D eigenvalue weighted by atomic mass is 10.1. The van der Waals surface area contributed by atoms with E-state index in [9.17, 15) is 14.7 Å². The number of carbonyl (C=O) groups excluding carboxylic acids is 1. The van der Waals surface area contributed by atoms with Gasteiger partial charge < -0.3 is 15.2 Å². The molecule has 0 radical (unpaired) electrons. The Morgan fingerprint density at radius 1 is 1.21 bits per heavy atom. The zero-order valence-electron chi connectivity index (χ0n) is 17.2. The summed E-state index contributed by atoms with van der Waals surface area (Å²) in [7, 11) is 0. The summed E-state index contributed by atoms with van der Waals surface area (Å²) in [6.07, 6.45) is 0.286. The van der Waals surface area contributed by atoms with Crippen molar-refractivity contribution >= 4 is 11.9 Å². The Balaban J connectivity index is 2.05. The largest absolute Gasteiger partial charge is 0.480 e. The van der Waals surface area contributed by atoms with Gasteiger partial charge in [-0.3, -0.25) is 4.79 Å². The van der Waals surface area contributed by atoms with Crippen molar-refractivity contribution in [3.8, 4) is 5.69 Å². The molecule has 7 heteroatoms. The molecule has 2 aromatic rings. The first-order valence-electron chi connectivity index (χ1n) is 9.35. The number of aryl methyl sites for hydroxylation is 1. The van der Waals surface area contributed by atoms with E-state index in [2.05, 4.69) is 10.4 Å². The number of aliphatic carboxylic acids is 1. The summed E-state index contributed by atoms with van der Waals surface area (Å²) in [6, 6.07) is 8.68. The SMILES string of the molecule is Cc1nn(-c2ccccc2)c(C)c1CC(=O)NC(CCOC(C)(C)C)C(=O)O. The fraction of sp³-hybridized carbons (Fsp3) is 0.476. The molecule has 0 aliphatic heterocycles. The number of carboxylic acids is 1. The lowest BCUT2D eigenvalue weighted by Crippen LogP contribution is -2.42. The van der Waals surface area contributed by atoms with Gasteiger partial charge in [0.25, 0.3) is 0 Å². The summed E-state index contributed by atoms with van der Waals surface area (Å²) in [4.78, 5) is 24.0. The summed E-state index contributed by atoms with van der Waals surface area (Å²) in [5.74, 6) is -1.42. The molecule has 0 saturated carbocycles. The second-order valence-corrected chi connectivity index (χ2v) is 7.78. The molecule has 0 aliphatic carbocycles. The number of para-hydroxylation sites is 1. The minimum Gasteiger partial charge on any atom is -0.480 e. The van der Waals surface area contributed by atoms with Crippen LogP contribution in [0.25, 0.3) is 5.69 Å². The van der Waals surface area contributed by atoms with E-state index in [0.717, 1.165) is 22.6 Å². The maximum atomic E-state index is 12.5. The Kier molecular flexibility index (Phi) is 6.96. The van der Waals surface area contributed by atoms with Crippen molar-refractivity contribution in [3.63, 3.8) is 0 Å². The number of hydrogen-bond acceptors (Lipinski definition) is 4. The van der Waals surface area contributed by atoms with E-state index >= 15 is 0 Å². The molecule has 0 saturated heterocycles. The molecule has 7 nitrogen and oxygen atoms in total. The Hall–Kier alpha value is -2.67. The third-order valence-electron chi connectivity index (χ3n) is 4.35. The molecule has 1 atom stereocenters. The van der Waals surface area contributed by atoms with Crippen LogP contribution in [0.15, 0.2) is 30.3 Å². The van der Waals surface area contributed by atoms with Crippen molar-refractivity contribution in [2.75, 3.05) is 6.61 Å². The smallest absolute Gasteiger partial charge is 0.326 e. The molecule has 0 bridgehead atoms. The van der Waals surface area contributed by atoms with E-state index in [4.69, 9.17) is 4.74 Å². The maximum Gasteiger partial charge on any atom is 0.326 e. The summed E-state index contributed by atoms with van der Waals surface area (Å²) >= 11 is 0. The number of aromatic nitrogens is 2. The molecular formula is C21H29N3O4. The van der Waals surface area contributed by atoms with Crippen molar-refractivity contribution < 1.29 is 19.4 Å². The van der Waals surface area contributed by atoms with Gasteiger partial charge in [-0.05, 0) is 46.8 Å². The van der Waals surface area contributed by atoms with Gasteiger partial charge in [-0.15, -0.1) is 0 Å². The highest BCUT2D eigenvalue weighted by Gasteiger charge is 2.23. The van der Waals surface area contributed by atoms with Gasteiger partial charge >= 0.3 is 5.97 Å². The van der Waals surface area contributed by atoms with Crippen molar-refractivity contribution in [2.45, 2.75) is 59.1 Å². The van der Waals surface area contributed by atoms with Crippen molar-refractivity contribution in [3.05, 3.63) is 47.3 Å². The maximum absolute atomic E-state index is 12.5. The van der Waals surface area contributed by atoms with E-state index in [1.807, 2.05) is 65.0 Å². The monoisotopic (exact) mass is 387 g/mol. The predicted molar refractivity (Wildman–Crippen MR) is 107 cm³/mol. The minimum atomic E-state index is -1.07. The topological polar surface area (TPSA) is 93.5 Å². The van der Waals surface area contributed by atoms with Crippen LogP contribution in [0.2, 0.25) is 0 Å². The molecule has 0 fully saturated rings. The van der Waals surface area contributed by atoms with E-state index in [1.165, 1.54) is 0 Å². The molecule has 152 valence electrons. The summed E-state index contributed by atoms with van der Waals surface area (Å²) < 4.78 is 7.37. The molecule has 1 aromatic carbocycles. The fourth-order valence-corrected chi connectivity index (χ4v) is 2.90. The molecule has 28 heavy (non-hydrogen) atoms. The molecule has 2 rings (SSSR count). The third kappa shape index (κ3) is 5.92. The molecule has 1 unspecified atom stereocenters. The van der Waals surface area contributed by atoms with Gasteiger partial charge in [0.1, 0.15) is 6.04 Å². The average Bonchev–Trinajstić information content (AvgIpc) is 2.88. The Labute approximate surface area is 165 Å². The normalized spacial score (nSPS) is 12.6. The van der Waals surface area contributed by atoms with Gasteiger partial charge in [0, 0.05) is 24.3 Å². The number of benzene rings is 1. The first kappa shape index (κ1) is 21.6. The van der Waals surface area contributed by atoms with E-state index in [-0.39, 0.29) is 31.0 Å². The Morgan fingerprint density at radius 2 is 1.86 bits per heavy atom. The number of carboxylic acid groups (broad SMARTS) is 1. The zero-order chi connectivity index (χ0) is 20.9. The highest BCUT2D eigenvalue weighted by molar-refractivity contribution is 5.85. The van der Waals surface area contributed by atoms with Gasteiger partial charge in [-0.2, -0.15) is 5.10 Å². The van der Waals surface area contributed by atoms with Crippen molar-refractivity contribution in [2.24, 2.45) is 0 Å². The average molecular weight is 387 g/mol. The van der Waals surface area contributed by atoms with Gasteiger partial charge in [-0.1, -0.05) is 18.2 Å². The number of hydrogen-bond donors (Lipinski definition) is 2. The van der Waals surface area contributed by atoms with Crippen LogP contribution in [-0.2, 0) is 20.7 Å². The number of rotatable bonds is 8. The van der Waals surface area contributed by atoms with Crippen LogP contribution in [0, 0.1) is 13.8 Å². The quantitative estimate of drug-likeness (QED) is 0.726. The molecule has 0 spiro atoms. The third-order valence-corrected chi connectivity index (χ3v) is 4.35. The minimum absolute atomic E-state index is 0.0778. The van der Waals surface area contributed by atoms with Crippen molar-refractivity contribution in [1.29, 1.82) is 0 Å². The molecule has 1 aromatic heterocycles. The van der Waals surface area contributed by atoms with Gasteiger partial charge in [0.05, 0.1) is 23.4 Å². The summed E-state index contributed by atoms with van der Waals surface area (Å²) in [5, 5.41) is 16.5. The Bertz CT molecular complexity index is 822. The van der Waals surface area contributed by atoms with Crippen LogP contribution in [-0.4, -0.2) is 45.0 Å². The number of amides is 1. The van der Waals surface area contributed by atoms with Crippen LogP contribution < -0.4 is 5.32 Å². The van der Waals surface area contributed by atoms with Gasteiger partial charge in [0.2, 0.25) is 5.91 Å². The van der Waals surface area contributed by atoms with Crippen LogP contribution >= 0.6 is 0 Å². The van der Waals surface area contributed by atoms with E-state index < -0.39 is 12.0 Å². The standard InChI is InChI=1S/C21H29N3O4/c1-14-17(15(2)24(23-14)16-9-7-6-8-10-16)13-19(25)22-18(20(26)27)11-12-28-21(3,4)5/h6-10,18H,11-13H2,1-5H3,(H,22,25)(H,26,27). The van der Waals surface area contributed by atoms with Crippen LogP contribution in [0.1, 0.15) is 44.1 Å². The summed E-state index contributed by atoms with van der Waals surface area (Å²) in [6.45, 7) is 9.71. The molecule has 2 N–H and O–H groups in total. The first-order valence-corrected chi connectivity index (χ1v) is 9.35. The Morgan fingerprint density at radius 3 is 2.43 bits per heavy atom. The molecular weight excluding hydrogens is 358 g/mol. The van der Waals surface area contributed by atoms with Crippen LogP contribution in [0.5, 0.6) is 0 Å². The number of nitrogens with zero attached hydrogens (tertiary/aromatic N) is 2. The van der Waals surface area contributed by atoms with Crippen LogP contribution in [0.3, 0.4) is 0 Å². The zero-order valence-corrected chi connectivity index (χ0v) is 17.2. The lowest BCUT2D eigenvalue weighted by Gasteiger charge is -2.21. The second kappa shape index (κ2) is 9.01. The van der Waals surface area contributed by atoms with E-state index in [1.54, 1.807) is 4.68 Å². The van der Waals surface area contributed by atoms with Crippen LogP contribution in [0.4, 0.5) is 0 Å².